The molecule has 0 radical (unpaired) electrons. The highest BCUT2D eigenvalue weighted by Gasteiger charge is 2.61. The molecule has 2 fully saturated rings. The van der Waals surface area contributed by atoms with Gasteiger partial charge in [-0.2, -0.15) is 4.80 Å². The summed E-state index contributed by atoms with van der Waals surface area (Å²) in [7, 11) is 0. The van der Waals surface area contributed by atoms with Gasteiger partial charge in [0.15, 0.2) is 11.6 Å². The fourth-order valence-electron chi connectivity index (χ4n) is 7.13. The highest BCUT2D eigenvalue weighted by Crippen LogP contribution is 2.57. The molecule has 6 rings (SSSR count). The third kappa shape index (κ3) is 8.11. The Morgan fingerprint density at radius 1 is 1.02 bits per heavy atom. The number of nitrogens with one attached hydrogen (secondary N) is 1. The molecule has 1 saturated carbocycles. The Hall–Kier alpha value is -4.87. The van der Waals surface area contributed by atoms with E-state index in [9.17, 15) is 24.3 Å². The topological polar surface area (TPSA) is 157 Å². The van der Waals surface area contributed by atoms with E-state index in [1.807, 2.05) is 42.5 Å². The summed E-state index contributed by atoms with van der Waals surface area (Å²) >= 11 is 0. The van der Waals surface area contributed by atoms with Crippen LogP contribution in [-0.4, -0.2) is 78.2 Å². The van der Waals surface area contributed by atoms with E-state index < -0.39 is 47.1 Å². The molecule has 1 aromatic heterocycles. The minimum atomic E-state index is -1.18. The summed E-state index contributed by atoms with van der Waals surface area (Å²) in [4.78, 5) is 56.6. The van der Waals surface area contributed by atoms with E-state index in [0.29, 0.717) is 31.5 Å². The first-order valence-electron chi connectivity index (χ1n) is 17.6. The number of carbonyl (C=O) groups is 4. The molecule has 0 unspecified atom stereocenters. The van der Waals surface area contributed by atoms with Gasteiger partial charge in [0.1, 0.15) is 11.6 Å². The van der Waals surface area contributed by atoms with Gasteiger partial charge in [0.2, 0.25) is 5.91 Å². The zero-order chi connectivity index (χ0) is 35.5. The molecule has 264 valence electrons. The van der Waals surface area contributed by atoms with Gasteiger partial charge >= 0.3 is 12.1 Å². The number of Topliss-reactive ketones (excluding diaryl/α,β-unsaturated/α-hetero) is 1. The summed E-state index contributed by atoms with van der Waals surface area (Å²) in [6.07, 6.45) is 7.61. The van der Waals surface area contributed by atoms with Crippen LogP contribution in [-0.2, 0) is 25.5 Å². The van der Waals surface area contributed by atoms with E-state index in [1.165, 1.54) is 9.70 Å². The van der Waals surface area contributed by atoms with Crippen LogP contribution in [0.3, 0.4) is 0 Å². The first-order valence-corrected chi connectivity index (χ1v) is 17.6. The molecule has 3 aromatic rings. The maximum absolute atomic E-state index is 14.3. The first kappa shape index (κ1) is 35.0. The average molecular weight is 683 g/mol. The highest BCUT2D eigenvalue weighted by molar-refractivity contribution is 5.96. The zero-order valence-electron chi connectivity index (χ0n) is 29.0. The SMILES string of the molecule is CC(C)(C)OC(=O)N[C@@H]1CCCCC/C=C\[C@@H]2C[C@]2(C(=O)O)CC(=O)[C@@H]2C[C@H](n3nnc(Cc4ccc(-c5ccccc5)cc4)n3)CN2C1=O. The van der Waals surface area contributed by atoms with E-state index >= 15 is 0 Å². The number of aliphatic carboxylic acids is 1. The number of nitrogens with zero attached hydrogens (tertiary/aromatic N) is 5. The normalized spacial score (nSPS) is 26.6. The molecule has 0 bridgehead atoms. The van der Waals surface area contributed by atoms with Gasteiger partial charge in [0.25, 0.3) is 0 Å². The molecule has 2 amide bonds. The Balaban J connectivity index is 1.23. The second kappa shape index (κ2) is 14.5. The van der Waals surface area contributed by atoms with E-state index in [0.717, 1.165) is 36.0 Å². The third-order valence-corrected chi connectivity index (χ3v) is 9.92. The number of aromatic nitrogens is 4. The summed E-state index contributed by atoms with van der Waals surface area (Å²) < 4.78 is 5.48. The number of hydrogen-bond acceptors (Lipinski definition) is 8. The van der Waals surface area contributed by atoms with Gasteiger partial charge in [-0.05, 0) is 74.3 Å². The number of carbonyl (C=O) groups excluding carboxylic acids is 3. The van der Waals surface area contributed by atoms with Crippen LogP contribution in [0.5, 0.6) is 0 Å². The maximum atomic E-state index is 14.3. The van der Waals surface area contributed by atoms with Crippen molar-refractivity contribution in [3.63, 3.8) is 0 Å². The number of benzene rings is 2. The molecule has 0 spiro atoms. The fourth-order valence-corrected chi connectivity index (χ4v) is 7.13. The number of rotatable bonds is 6. The van der Waals surface area contributed by atoms with Crippen molar-refractivity contribution in [2.24, 2.45) is 11.3 Å². The van der Waals surface area contributed by atoms with Crippen LogP contribution in [0.25, 0.3) is 11.1 Å². The summed E-state index contributed by atoms with van der Waals surface area (Å²) in [5.41, 5.74) is 1.30. The maximum Gasteiger partial charge on any atom is 0.408 e. The molecule has 1 aliphatic carbocycles. The predicted molar refractivity (Wildman–Crippen MR) is 185 cm³/mol. The van der Waals surface area contributed by atoms with Gasteiger partial charge < -0.3 is 20.1 Å². The number of carboxylic acid groups (broad SMARTS) is 1. The van der Waals surface area contributed by atoms with Crippen LogP contribution in [0.15, 0.2) is 66.7 Å². The average Bonchev–Trinajstić information content (AvgIpc) is 3.36. The second-order valence-corrected chi connectivity index (χ2v) is 14.8. The molecule has 12 nitrogen and oxygen atoms in total. The largest absolute Gasteiger partial charge is 0.481 e. The van der Waals surface area contributed by atoms with E-state index in [-0.39, 0.29) is 31.1 Å². The lowest BCUT2D eigenvalue weighted by molar-refractivity contribution is -0.147. The number of carboxylic acids is 1. The van der Waals surface area contributed by atoms with Crippen LogP contribution in [0.1, 0.15) is 89.6 Å². The lowest BCUT2D eigenvalue weighted by Gasteiger charge is -2.30. The summed E-state index contributed by atoms with van der Waals surface area (Å²) in [6, 6.07) is 16.0. The third-order valence-electron chi connectivity index (χ3n) is 9.92. The highest BCUT2D eigenvalue weighted by atomic mass is 16.6. The van der Waals surface area contributed by atoms with Gasteiger partial charge in [-0.3, -0.25) is 14.4 Å². The number of alkyl carbamates (subject to hydrolysis) is 1. The van der Waals surface area contributed by atoms with Gasteiger partial charge in [0.05, 0.1) is 17.5 Å². The Kier molecular flexibility index (Phi) is 10.2. The van der Waals surface area contributed by atoms with Crippen LogP contribution in [0.4, 0.5) is 4.79 Å². The smallest absolute Gasteiger partial charge is 0.408 e. The van der Waals surface area contributed by atoms with Crippen molar-refractivity contribution in [1.29, 1.82) is 0 Å². The summed E-state index contributed by atoms with van der Waals surface area (Å²) in [5, 5.41) is 26.2. The molecule has 2 aromatic carbocycles. The first-order chi connectivity index (χ1) is 23.9. The quantitative estimate of drug-likeness (QED) is 0.319. The molecule has 3 aliphatic rings. The monoisotopic (exact) mass is 682 g/mol. The van der Waals surface area contributed by atoms with Crippen molar-refractivity contribution in [2.45, 2.75) is 102 Å². The minimum Gasteiger partial charge on any atom is -0.481 e. The van der Waals surface area contributed by atoms with Crippen molar-refractivity contribution in [1.82, 2.24) is 30.4 Å². The number of hydrogen-bond donors (Lipinski definition) is 2. The molecule has 3 heterocycles. The standard InChI is InChI=1S/C38H46N6O6/c1-37(2,3)50-36(49)39-30-15-11-6-4-5-10-14-28-22-38(28,35(47)48)23-32(45)31-21-29(24-43(31)34(30)46)44-41-33(40-42-44)20-25-16-18-27(19-17-25)26-12-8-7-9-13-26/h7-10,12-14,16-19,28-31H,4-6,11,15,20-24H2,1-3H3,(H,39,49)(H,47,48)/b14-10-/t28-,29+,30-,31+,38+/m1/s1. The number of tetrazole rings is 1. The fraction of sp³-hybridized carbons (Fsp3) is 0.500. The summed E-state index contributed by atoms with van der Waals surface area (Å²) in [6.45, 7) is 5.37. The Bertz CT molecular complexity index is 1730. The van der Waals surface area contributed by atoms with Crippen molar-refractivity contribution >= 4 is 23.8 Å². The van der Waals surface area contributed by atoms with Crippen molar-refractivity contribution < 1.29 is 29.0 Å². The lowest BCUT2D eigenvalue weighted by Crippen LogP contribution is -2.52. The van der Waals surface area contributed by atoms with Gasteiger partial charge in [0, 0.05) is 25.8 Å². The van der Waals surface area contributed by atoms with Crippen molar-refractivity contribution in [3.05, 3.63) is 78.1 Å². The molecule has 5 atom stereocenters. The number of fused-ring (bicyclic) bond motifs is 2. The van der Waals surface area contributed by atoms with Crippen molar-refractivity contribution in [3.8, 4) is 11.1 Å². The van der Waals surface area contributed by atoms with Crippen LogP contribution in [0.2, 0.25) is 0 Å². The van der Waals surface area contributed by atoms with E-state index in [2.05, 4.69) is 45.0 Å². The van der Waals surface area contributed by atoms with Crippen LogP contribution >= 0.6 is 0 Å². The number of ether oxygens (including phenoxy) is 1. The second-order valence-electron chi connectivity index (χ2n) is 14.8. The molecule has 1 saturated heterocycles. The molecule has 2 aliphatic heterocycles. The number of ketones is 1. The van der Waals surface area contributed by atoms with Crippen molar-refractivity contribution in [2.75, 3.05) is 6.54 Å². The van der Waals surface area contributed by atoms with Gasteiger partial charge in [-0.1, -0.05) is 79.6 Å². The molecular formula is C38H46N6O6. The summed E-state index contributed by atoms with van der Waals surface area (Å²) in [5.74, 6) is -1.44. The molecule has 50 heavy (non-hydrogen) atoms. The van der Waals surface area contributed by atoms with E-state index in [4.69, 9.17) is 4.74 Å². The Morgan fingerprint density at radius 2 is 1.76 bits per heavy atom. The Labute approximate surface area is 292 Å². The van der Waals surface area contributed by atoms with E-state index in [1.54, 1.807) is 20.8 Å². The van der Waals surface area contributed by atoms with Crippen LogP contribution < -0.4 is 5.32 Å². The number of amides is 2. The molecule has 2 N–H and O–H groups in total. The predicted octanol–water partition coefficient (Wildman–Crippen LogP) is 5.54. The lowest BCUT2D eigenvalue weighted by atomic mass is 9.92. The molecule has 12 heteroatoms. The minimum absolute atomic E-state index is 0.118. The zero-order valence-corrected chi connectivity index (χ0v) is 29.0. The van der Waals surface area contributed by atoms with Crippen LogP contribution in [0, 0.1) is 11.3 Å². The van der Waals surface area contributed by atoms with Gasteiger partial charge in [-0.15, -0.1) is 10.2 Å². The number of allylic oxidation sites excluding steroid dienone is 2. The Morgan fingerprint density at radius 3 is 2.48 bits per heavy atom. The van der Waals surface area contributed by atoms with Gasteiger partial charge in [-0.25, -0.2) is 4.79 Å². The molecular weight excluding hydrogens is 636 g/mol.